The summed E-state index contributed by atoms with van der Waals surface area (Å²) < 4.78 is 20.3. The number of benzene rings is 2. The molecule has 0 unspecified atom stereocenters. The van der Waals surface area contributed by atoms with Gasteiger partial charge in [0.25, 0.3) is 0 Å². The molecule has 2 nitrogen and oxygen atoms in total. The third-order valence-electron chi connectivity index (χ3n) is 2.74. The highest BCUT2D eigenvalue weighted by atomic mass is 127. The summed E-state index contributed by atoms with van der Waals surface area (Å²) in [4.78, 5) is 0. The van der Waals surface area contributed by atoms with Crippen LogP contribution in [0, 0.1) is 9.39 Å². The van der Waals surface area contributed by atoms with Crippen molar-refractivity contribution in [1.29, 1.82) is 0 Å². The van der Waals surface area contributed by atoms with Gasteiger partial charge < -0.3 is 9.84 Å². The molecule has 0 spiro atoms. The van der Waals surface area contributed by atoms with E-state index in [-0.39, 0.29) is 5.56 Å². The third-order valence-corrected chi connectivity index (χ3v) is 3.46. The molecule has 0 heterocycles. The lowest BCUT2D eigenvalue weighted by molar-refractivity contribution is 0.194. The Morgan fingerprint density at radius 1 is 1.21 bits per heavy atom. The van der Waals surface area contributed by atoms with E-state index < -0.39 is 11.9 Å². The molecular weight excluding hydrogens is 358 g/mol. The average Bonchev–Trinajstić information content (AvgIpc) is 2.37. The van der Waals surface area contributed by atoms with Crippen molar-refractivity contribution in [3.8, 4) is 5.75 Å². The molecule has 4 heteroatoms. The third kappa shape index (κ3) is 3.91. The van der Waals surface area contributed by atoms with Crippen LogP contribution in [-0.2, 0) is 6.61 Å². The van der Waals surface area contributed by atoms with Crippen LogP contribution in [0.1, 0.15) is 24.2 Å². The Morgan fingerprint density at radius 3 is 2.47 bits per heavy atom. The van der Waals surface area contributed by atoms with Crippen LogP contribution < -0.4 is 4.74 Å². The van der Waals surface area contributed by atoms with Crippen LogP contribution in [0.2, 0.25) is 0 Å². The highest BCUT2D eigenvalue weighted by molar-refractivity contribution is 14.1. The van der Waals surface area contributed by atoms with Crippen molar-refractivity contribution >= 4 is 22.6 Å². The van der Waals surface area contributed by atoms with Gasteiger partial charge in [0.1, 0.15) is 18.2 Å². The fraction of sp³-hybridized carbons (Fsp3) is 0.200. The fourth-order valence-electron chi connectivity index (χ4n) is 1.68. The molecule has 0 aliphatic carbocycles. The van der Waals surface area contributed by atoms with Crippen LogP contribution in [0.4, 0.5) is 4.39 Å². The number of aliphatic hydroxyl groups excluding tert-OH is 1. The van der Waals surface area contributed by atoms with Gasteiger partial charge in [-0.15, -0.1) is 0 Å². The minimum atomic E-state index is -0.815. The van der Waals surface area contributed by atoms with E-state index >= 15 is 0 Å². The Bertz CT molecular complexity index is 553. The molecule has 2 aromatic carbocycles. The summed E-state index contributed by atoms with van der Waals surface area (Å²) in [5.41, 5.74) is 1.31. The zero-order valence-corrected chi connectivity index (χ0v) is 12.6. The Labute approximate surface area is 125 Å². The maximum absolute atomic E-state index is 13.6. The maximum Gasteiger partial charge on any atom is 0.132 e. The van der Waals surface area contributed by atoms with E-state index in [9.17, 15) is 9.50 Å². The topological polar surface area (TPSA) is 29.5 Å². The summed E-state index contributed by atoms with van der Waals surface area (Å²) in [6.45, 7) is 1.93. The summed E-state index contributed by atoms with van der Waals surface area (Å²) in [6.07, 6.45) is -0.815. The van der Waals surface area contributed by atoms with Crippen LogP contribution in [0.25, 0.3) is 0 Å². The summed E-state index contributed by atoms with van der Waals surface area (Å²) in [7, 11) is 0. The lowest BCUT2D eigenvalue weighted by Gasteiger charge is -2.10. The van der Waals surface area contributed by atoms with Gasteiger partial charge in [0.2, 0.25) is 0 Å². The van der Waals surface area contributed by atoms with Crippen molar-refractivity contribution < 1.29 is 14.2 Å². The summed E-state index contributed by atoms with van der Waals surface area (Å²) in [5, 5.41) is 9.35. The molecule has 2 aromatic rings. The number of hydrogen-bond donors (Lipinski definition) is 1. The predicted octanol–water partition coefficient (Wildman–Crippen LogP) is 4.06. The first kappa shape index (κ1) is 14.3. The summed E-state index contributed by atoms with van der Waals surface area (Å²) >= 11 is 2.24. The second-order valence-corrected chi connectivity index (χ2v) is 5.52. The molecular formula is C15H14FIO2. The zero-order chi connectivity index (χ0) is 13.8. The quantitative estimate of drug-likeness (QED) is 0.821. The van der Waals surface area contributed by atoms with Gasteiger partial charge in [-0.25, -0.2) is 4.39 Å². The van der Waals surface area contributed by atoms with Gasteiger partial charge in [0.15, 0.2) is 0 Å². The predicted molar refractivity (Wildman–Crippen MR) is 80.5 cm³/mol. The molecule has 0 aliphatic rings. The van der Waals surface area contributed by atoms with Gasteiger partial charge in [-0.05, 0) is 59.3 Å². The lowest BCUT2D eigenvalue weighted by Crippen LogP contribution is -1.99. The second-order valence-electron chi connectivity index (χ2n) is 4.27. The number of aliphatic hydroxyl groups is 1. The first-order valence-electron chi connectivity index (χ1n) is 5.91. The lowest BCUT2D eigenvalue weighted by atomic mass is 10.1. The normalized spacial score (nSPS) is 12.2. The largest absolute Gasteiger partial charge is 0.489 e. The number of ether oxygens (including phenoxy) is 1. The van der Waals surface area contributed by atoms with Crippen molar-refractivity contribution in [2.75, 3.05) is 0 Å². The van der Waals surface area contributed by atoms with E-state index in [1.807, 2.05) is 24.3 Å². The highest BCUT2D eigenvalue weighted by Crippen LogP contribution is 2.22. The first-order valence-corrected chi connectivity index (χ1v) is 6.99. The Hall–Kier alpha value is -1.14. The van der Waals surface area contributed by atoms with Crippen molar-refractivity contribution in [2.24, 2.45) is 0 Å². The first-order chi connectivity index (χ1) is 9.06. The van der Waals surface area contributed by atoms with E-state index in [1.54, 1.807) is 12.1 Å². The summed E-state index contributed by atoms with van der Waals surface area (Å²) in [6, 6.07) is 12.5. The molecule has 2 rings (SSSR count). The van der Waals surface area contributed by atoms with Crippen molar-refractivity contribution in [1.82, 2.24) is 0 Å². The van der Waals surface area contributed by atoms with E-state index in [4.69, 9.17) is 4.74 Å². The monoisotopic (exact) mass is 372 g/mol. The zero-order valence-electron chi connectivity index (χ0n) is 10.4. The molecule has 0 saturated carbocycles. The fourth-order valence-corrected chi connectivity index (χ4v) is 2.04. The Balaban J connectivity index is 2.04. The van der Waals surface area contributed by atoms with Gasteiger partial charge in [-0.2, -0.15) is 0 Å². The molecule has 100 valence electrons. The Morgan fingerprint density at radius 2 is 1.89 bits per heavy atom. The van der Waals surface area contributed by atoms with E-state index in [1.165, 1.54) is 13.0 Å². The smallest absolute Gasteiger partial charge is 0.132 e. The van der Waals surface area contributed by atoms with Gasteiger partial charge in [-0.1, -0.05) is 12.1 Å². The van der Waals surface area contributed by atoms with Gasteiger partial charge in [0, 0.05) is 15.2 Å². The van der Waals surface area contributed by atoms with E-state index in [0.29, 0.717) is 12.4 Å². The van der Waals surface area contributed by atoms with Gasteiger partial charge >= 0.3 is 0 Å². The molecule has 1 atom stereocenters. The van der Waals surface area contributed by atoms with Crippen molar-refractivity contribution in [2.45, 2.75) is 19.6 Å². The summed E-state index contributed by atoms with van der Waals surface area (Å²) in [5.74, 6) is 0.00978. The standard InChI is InChI=1S/C15H14FIO2/c1-10(18)14-7-6-13(8-15(14)16)19-9-11-2-4-12(17)5-3-11/h2-8,10,18H,9H2,1H3/t10-/m1/s1. The van der Waals surface area contributed by atoms with E-state index in [0.717, 1.165) is 9.13 Å². The molecule has 19 heavy (non-hydrogen) atoms. The molecule has 0 fully saturated rings. The number of hydrogen-bond acceptors (Lipinski definition) is 2. The minimum Gasteiger partial charge on any atom is -0.489 e. The molecule has 0 saturated heterocycles. The van der Waals surface area contributed by atoms with Crippen LogP contribution in [0.15, 0.2) is 42.5 Å². The molecule has 0 aliphatic heterocycles. The molecule has 0 amide bonds. The number of halogens is 2. The Kier molecular flexibility index (Phi) is 4.76. The van der Waals surface area contributed by atoms with E-state index in [2.05, 4.69) is 22.6 Å². The SMILES string of the molecule is C[C@@H](O)c1ccc(OCc2ccc(I)cc2)cc1F. The minimum absolute atomic E-state index is 0.279. The number of rotatable bonds is 4. The van der Waals surface area contributed by atoms with Crippen LogP contribution >= 0.6 is 22.6 Å². The van der Waals surface area contributed by atoms with Crippen LogP contribution in [-0.4, -0.2) is 5.11 Å². The van der Waals surface area contributed by atoms with Crippen molar-refractivity contribution in [3.05, 3.63) is 63.0 Å². The average molecular weight is 372 g/mol. The molecule has 0 aromatic heterocycles. The van der Waals surface area contributed by atoms with Crippen LogP contribution in [0.3, 0.4) is 0 Å². The van der Waals surface area contributed by atoms with Gasteiger partial charge in [0.05, 0.1) is 6.10 Å². The van der Waals surface area contributed by atoms with Gasteiger partial charge in [-0.3, -0.25) is 0 Å². The highest BCUT2D eigenvalue weighted by Gasteiger charge is 2.09. The second kappa shape index (κ2) is 6.34. The maximum atomic E-state index is 13.6. The molecule has 1 N–H and O–H groups in total. The molecule has 0 bridgehead atoms. The van der Waals surface area contributed by atoms with Crippen LogP contribution in [0.5, 0.6) is 5.75 Å². The molecule has 0 radical (unpaired) electrons. The van der Waals surface area contributed by atoms with Crippen molar-refractivity contribution in [3.63, 3.8) is 0 Å².